The van der Waals surface area contributed by atoms with Crippen LogP contribution in [-0.2, 0) is 0 Å². The van der Waals surface area contributed by atoms with E-state index in [2.05, 4.69) is 15.6 Å². The first-order chi connectivity index (χ1) is 16.0. The van der Waals surface area contributed by atoms with Gasteiger partial charge in [-0.3, -0.25) is 4.79 Å². The molecule has 0 radical (unpaired) electrons. The number of amides is 1. The maximum Gasteiger partial charge on any atom is 0.291 e. The topological polar surface area (TPSA) is 85.6 Å². The van der Waals surface area contributed by atoms with Gasteiger partial charge in [0, 0.05) is 22.2 Å². The maximum atomic E-state index is 12.8. The number of nitrogens with zero attached hydrogens (tertiary/aromatic N) is 1. The lowest BCUT2D eigenvalue weighted by molar-refractivity contribution is 0.0997. The Morgan fingerprint density at radius 1 is 1.06 bits per heavy atom. The molecule has 7 nitrogen and oxygen atoms in total. The lowest BCUT2D eigenvalue weighted by Crippen LogP contribution is -2.18. The molecule has 0 bridgehead atoms. The lowest BCUT2D eigenvalue weighted by Gasteiger charge is -2.24. The Kier molecular flexibility index (Phi) is 6.65. The highest BCUT2D eigenvalue weighted by Crippen LogP contribution is 2.45. The molecule has 2 N–H and O–H groups in total. The largest absolute Gasteiger partial charge is 0.493 e. The van der Waals surface area contributed by atoms with Crippen LogP contribution in [0.2, 0.25) is 0 Å². The molecule has 4 aromatic rings. The second kappa shape index (κ2) is 9.79. The van der Waals surface area contributed by atoms with Crippen molar-refractivity contribution >= 4 is 28.1 Å². The van der Waals surface area contributed by atoms with Crippen molar-refractivity contribution in [3.05, 3.63) is 88.3 Å². The number of nitrogens with one attached hydrogen (secondary N) is 2. The summed E-state index contributed by atoms with van der Waals surface area (Å²) in [6, 6.07) is 14.4. The van der Waals surface area contributed by atoms with Gasteiger partial charge in [0.05, 0.1) is 26.5 Å². The number of aromatic nitrogens is 1. The summed E-state index contributed by atoms with van der Waals surface area (Å²) in [5, 5.41) is 7.28. The van der Waals surface area contributed by atoms with Crippen LogP contribution in [0.1, 0.15) is 38.2 Å². The number of para-hydroxylation sites is 1. The fourth-order valence-corrected chi connectivity index (χ4v) is 4.79. The zero-order valence-corrected chi connectivity index (χ0v) is 19.7. The molecular weight excluding hydrogens is 438 g/mol. The van der Waals surface area contributed by atoms with E-state index in [0.29, 0.717) is 17.3 Å². The Morgan fingerprint density at radius 3 is 2.58 bits per heavy atom. The van der Waals surface area contributed by atoms with Crippen LogP contribution in [0.5, 0.6) is 11.5 Å². The Bertz CT molecular complexity index is 1240. The van der Waals surface area contributed by atoms with Crippen LogP contribution in [0, 0.1) is 13.8 Å². The van der Waals surface area contributed by atoms with E-state index in [1.54, 1.807) is 32.5 Å². The van der Waals surface area contributed by atoms with Gasteiger partial charge in [0.1, 0.15) is 10.8 Å². The molecule has 0 spiro atoms. The van der Waals surface area contributed by atoms with Crippen molar-refractivity contribution in [3.63, 3.8) is 0 Å². The maximum absolute atomic E-state index is 12.8. The third-order valence-electron chi connectivity index (χ3n) is 5.39. The van der Waals surface area contributed by atoms with Gasteiger partial charge in [-0.25, -0.2) is 4.98 Å². The van der Waals surface area contributed by atoms with E-state index in [0.717, 1.165) is 26.6 Å². The first-order valence-corrected chi connectivity index (χ1v) is 11.2. The van der Waals surface area contributed by atoms with Crippen molar-refractivity contribution in [2.45, 2.75) is 19.9 Å². The Morgan fingerprint density at radius 2 is 1.91 bits per heavy atom. The van der Waals surface area contributed by atoms with Crippen molar-refractivity contribution in [1.82, 2.24) is 4.98 Å². The van der Waals surface area contributed by atoms with E-state index in [-0.39, 0.29) is 17.7 Å². The number of anilines is 2. The smallest absolute Gasteiger partial charge is 0.291 e. The number of benzene rings is 1. The van der Waals surface area contributed by atoms with Gasteiger partial charge in [-0.1, -0.05) is 18.2 Å². The molecule has 1 unspecified atom stereocenters. The Labute approximate surface area is 196 Å². The van der Waals surface area contributed by atoms with Gasteiger partial charge in [0.25, 0.3) is 5.91 Å². The highest BCUT2D eigenvalue weighted by molar-refractivity contribution is 7.16. The number of hydrogen-bond donors (Lipinski definition) is 2. The minimum atomic E-state index is -0.373. The van der Waals surface area contributed by atoms with Crippen LogP contribution in [0.15, 0.2) is 65.4 Å². The van der Waals surface area contributed by atoms with E-state index in [4.69, 9.17) is 13.9 Å². The molecule has 1 amide bonds. The molecule has 4 rings (SSSR count). The number of thiophene rings is 1. The normalized spacial score (nSPS) is 11.6. The molecule has 1 aromatic carbocycles. The summed E-state index contributed by atoms with van der Waals surface area (Å²) in [5.41, 5.74) is 2.85. The van der Waals surface area contributed by atoms with Crippen LogP contribution >= 0.6 is 11.3 Å². The van der Waals surface area contributed by atoms with Crippen LogP contribution in [0.25, 0.3) is 0 Å². The molecule has 8 heteroatoms. The molecule has 0 aliphatic carbocycles. The number of rotatable bonds is 8. The molecule has 1 atom stereocenters. The number of hydrogen-bond acceptors (Lipinski definition) is 7. The van der Waals surface area contributed by atoms with Gasteiger partial charge in [0.15, 0.2) is 17.3 Å². The molecule has 3 aromatic heterocycles. The van der Waals surface area contributed by atoms with Crippen LogP contribution in [0.4, 0.5) is 10.8 Å². The predicted octanol–water partition coefficient (Wildman–Crippen LogP) is 5.82. The number of furan rings is 1. The molecule has 170 valence electrons. The van der Waals surface area contributed by atoms with Crippen molar-refractivity contribution < 1.29 is 18.7 Å². The number of aryl methyl sites for hydroxylation is 1. The van der Waals surface area contributed by atoms with E-state index in [1.807, 2.05) is 50.2 Å². The number of methoxy groups -OCH3 is 2. The summed E-state index contributed by atoms with van der Waals surface area (Å²) in [5.74, 6) is 1.86. The van der Waals surface area contributed by atoms with Crippen LogP contribution in [0.3, 0.4) is 0 Å². The fourth-order valence-electron chi connectivity index (χ4n) is 3.70. The van der Waals surface area contributed by atoms with Crippen LogP contribution < -0.4 is 20.1 Å². The zero-order valence-electron chi connectivity index (χ0n) is 18.8. The molecule has 33 heavy (non-hydrogen) atoms. The highest BCUT2D eigenvalue weighted by Gasteiger charge is 2.28. The number of carbonyl (C=O) groups excluding carboxylic acids is 1. The zero-order chi connectivity index (χ0) is 23.4. The van der Waals surface area contributed by atoms with E-state index in [1.165, 1.54) is 17.6 Å². The number of ether oxygens (including phenoxy) is 2. The van der Waals surface area contributed by atoms with E-state index < -0.39 is 0 Å². The first kappa shape index (κ1) is 22.4. The van der Waals surface area contributed by atoms with Crippen molar-refractivity contribution in [1.29, 1.82) is 0 Å². The average Bonchev–Trinajstić information content (AvgIpc) is 3.47. The summed E-state index contributed by atoms with van der Waals surface area (Å²) < 4.78 is 16.6. The fraction of sp³-hybridized carbons (Fsp3) is 0.200. The van der Waals surface area contributed by atoms with E-state index in [9.17, 15) is 4.79 Å². The third kappa shape index (κ3) is 4.56. The lowest BCUT2D eigenvalue weighted by atomic mass is 9.95. The monoisotopic (exact) mass is 463 g/mol. The Balaban J connectivity index is 1.86. The average molecular weight is 464 g/mol. The van der Waals surface area contributed by atoms with Gasteiger partial charge in [-0.05, 0) is 49.7 Å². The van der Waals surface area contributed by atoms with Crippen LogP contribution in [-0.4, -0.2) is 25.1 Å². The minimum Gasteiger partial charge on any atom is -0.493 e. The molecular formula is C25H25N3O4S. The van der Waals surface area contributed by atoms with Gasteiger partial charge in [0.2, 0.25) is 0 Å². The first-order valence-electron chi connectivity index (χ1n) is 10.4. The van der Waals surface area contributed by atoms with Gasteiger partial charge in [-0.2, -0.15) is 0 Å². The quantitative estimate of drug-likeness (QED) is 0.342. The molecule has 0 saturated heterocycles. The number of pyridine rings is 1. The highest BCUT2D eigenvalue weighted by atomic mass is 32.1. The number of carbonyl (C=O) groups is 1. The van der Waals surface area contributed by atoms with Crippen molar-refractivity contribution in [2.75, 3.05) is 24.9 Å². The summed E-state index contributed by atoms with van der Waals surface area (Å²) >= 11 is 1.52. The summed E-state index contributed by atoms with van der Waals surface area (Å²) in [7, 11) is 3.22. The Hall–Kier alpha value is -3.78. The SMILES string of the molecule is COc1cccc(C(Nc2ccccn2)c2c(NC(=O)c3ccco3)sc(C)c2C)c1OC. The predicted molar refractivity (Wildman–Crippen MR) is 130 cm³/mol. The standard InChI is InChI=1S/C25H25N3O4S/c1-15-16(2)33-25(28-24(29)19-11-8-14-32-19)21(15)22(27-20-12-5-6-13-26-20)17-9-7-10-18(30-3)23(17)31-4/h5-14,22H,1-4H3,(H,26,27)(H,28,29). The minimum absolute atomic E-state index is 0.248. The van der Waals surface area contributed by atoms with Gasteiger partial charge >= 0.3 is 0 Å². The summed E-state index contributed by atoms with van der Waals surface area (Å²) in [6.07, 6.45) is 3.21. The summed E-state index contributed by atoms with van der Waals surface area (Å²) in [6.45, 7) is 4.08. The summed E-state index contributed by atoms with van der Waals surface area (Å²) in [4.78, 5) is 18.4. The van der Waals surface area contributed by atoms with Crippen molar-refractivity contribution in [3.8, 4) is 11.5 Å². The second-order valence-electron chi connectivity index (χ2n) is 7.33. The second-order valence-corrected chi connectivity index (χ2v) is 8.56. The molecule has 3 heterocycles. The van der Waals surface area contributed by atoms with E-state index >= 15 is 0 Å². The van der Waals surface area contributed by atoms with Gasteiger partial charge in [-0.15, -0.1) is 11.3 Å². The third-order valence-corrected chi connectivity index (χ3v) is 6.53. The molecule has 0 aliphatic rings. The molecule has 0 fully saturated rings. The molecule has 0 aliphatic heterocycles. The van der Waals surface area contributed by atoms with Crippen molar-refractivity contribution in [2.24, 2.45) is 0 Å². The van der Waals surface area contributed by atoms with Gasteiger partial charge < -0.3 is 24.5 Å². The molecule has 0 saturated carbocycles.